The molecule has 0 saturated carbocycles. The van der Waals surface area contributed by atoms with Crippen molar-refractivity contribution in [3.63, 3.8) is 0 Å². The molecule has 1 heterocycles. The highest BCUT2D eigenvalue weighted by atomic mass is 79.9. The lowest BCUT2D eigenvalue weighted by Gasteiger charge is -2.15. The molecular formula is C22H20BrFN2O2. The van der Waals surface area contributed by atoms with Crippen molar-refractivity contribution in [1.82, 2.24) is 10.3 Å². The van der Waals surface area contributed by atoms with Crippen molar-refractivity contribution in [2.75, 3.05) is 0 Å². The number of carbonyl (C=O) groups is 1. The van der Waals surface area contributed by atoms with Gasteiger partial charge in [-0.1, -0.05) is 24.3 Å². The maximum absolute atomic E-state index is 13.3. The van der Waals surface area contributed by atoms with Gasteiger partial charge in [0.1, 0.15) is 18.2 Å². The molecule has 3 rings (SSSR count). The smallest absolute Gasteiger partial charge is 0.224 e. The van der Waals surface area contributed by atoms with E-state index >= 15 is 0 Å². The van der Waals surface area contributed by atoms with Gasteiger partial charge in [0, 0.05) is 18.0 Å². The minimum absolute atomic E-state index is 0.122. The number of nitrogens with zero attached hydrogens (tertiary/aromatic N) is 1. The quantitative estimate of drug-likeness (QED) is 0.561. The highest BCUT2D eigenvalue weighted by Crippen LogP contribution is 2.20. The third kappa shape index (κ3) is 5.63. The van der Waals surface area contributed by atoms with Crippen LogP contribution in [-0.2, 0) is 17.8 Å². The number of ether oxygens (including phenoxy) is 1. The molecule has 4 nitrogen and oxygen atoms in total. The predicted octanol–water partition coefficient (Wildman–Crippen LogP) is 4.98. The third-order valence-corrected chi connectivity index (χ3v) is 4.84. The highest BCUT2D eigenvalue weighted by Gasteiger charge is 2.11. The molecule has 0 aliphatic heterocycles. The monoisotopic (exact) mass is 442 g/mol. The zero-order chi connectivity index (χ0) is 19.9. The van der Waals surface area contributed by atoms with Gasteiger partial charge >= 0.3 is 0 Å². The van der Waals surface area contributed by atoms with E-state index in [2.05, 4.69) is 26.2 Å². The number of amides is 1. The number of benzene rings is 2. The Hall–Kier alpha value is -2.73. The first kappa shape index (κ1) is 20.0. The predicted molar refractivity (Wildman–Crippen MR) is 109 cm³/mol. The zero-order valence-electron chi connectivity index (χ0n) is 15.4. The summed E-state index contributed by atoms with van der Waals surface area (Å²) in [4.78, 5) is 16.3. The lowest BCUT2D eigenvalue weighted by molar-refractivity contribution is -0.121. The SMILES string of the molecule is CC(NC(=O)Cc1ccc(F)c(Br)c1)c1ccc(OCc2cccnc2)cc1. The lowest BCUT2D eigenvalue weighted by Crippen LogP contribution is -2.28. The van der Waals surface area contributed by atoms with Crippen LogP contribution in [0, 0.1) is 5.82 Å². The summed E-state index contributed by atoms with van der Waals surface area (Å²) in [5.41, 5.74) is 2.72. The number of nitrogens with one attached hydrogen (secondary N) is 1. The van der Waals surface area contributed by atoms with E-state index in [1.54, 1.807) is 24.5 Å². The second kappa shape index (κ2) is 9.46. The fourth-order valence-corrected chi connectivity index (χ4v) is 3.14. The van der Waals surface area contributed by atoms with E-state index in [1.807, 2.05) is 43.3 Å². The molecule has 0 saturated heterocycles. The molecule has 3 aromatic rings. The standard InChI is InChI=1S/C22H20BrFN2O2/c1-15(26-22(27)12-16-4-9-21(24)20(23)11-16)18-5-7-19(8-6-18)28-14-17-3-2-10-25-13-17/h2-11,13,15H,12,14H2,1H3,(H,26,27). The molecule has 0 radical (unpaired) electrons. The van der Waals surface area contributed by atoms with Gasteiger partial charge < -0.3 is 10.1 Å². The van der Waals surface area contributed by atoms with Crippen molar-refractivity contribution >= 4 is 21.8 Å². The number of hydrogen-bond donors (Lipinski definition) is 1. The van der Waals surface area contributed by atoms with E-state index in [4.69, 9.17) is 4.74 Å². The minimum atomic E-state index is -0.344. The van der Waals surface area contributed by atoms with E-state index in [0.29, 0.717) is 11.1 Å². The fraction of sp³-hybridized carbons (Fsp3) is 0.182. The molecule has 6 heteroatoms. The van der Waals surface area contributed by atoms with Crippen LogP contribution in [0.4, 0.5) is 4.39 Å². The number of rotatable bonds is 7. The molecule has 0 bridgehead atoms. The first-order chi connectivity index (χ1) is 13.5. The summed E-state index contributed by atoms with van der Waals surface area (Å²) >= 11 is 3.14. The summed E-state index contributed by atoms with van der Waals surface area (Å²) in [6.07, 6.45) is 3.68. The lowest BCUT2D eigenvalue weighted by atomic mass is 10.1. The number of hydrogen-bond acceptors (Lipinski definition) is 3. The van der Waals surface area contributed by atoms with Crippen LogP contribution in [0.15, 0.2) is 71.5 Å². The normalized spacial score (nSPS) is 11.7. The highest BCUT2D eigenvalue weighted by molar-refractivity contribution is 9.10. The third-order valence-electron chi connectivity index (χ3n) is 4.23. The Kier molecular flexibility index (Phi) is 6.76. The summed E-state index contributed by atoms with van der Waals surface area (Å²) in [5, 5.41) is 2.96. The topological polar surface area (TPSA) is 51.2 Å². The van der Waals surface area contributed by atoms with Crippen LogP contribution in [0.2, 0.25) is 0 Å². The molecule has 0 aliphatic carbocycles. The van der Waals surface area contributed by atoms with E-state index in [9.17, 15) is 9.18 Å². The van der Waals surface area contributed by atoms with Gasteiger partial charge in [0.15, 0.2) is 0 Å². The molecule has 144 valence electrons. The van der Waals surface area contributed by atoms with Gasteiger partial charge in [0.2, 0.25) is 5.91 Å². The summed E-state index contributed by atoms with van der Waals surface area (Å²) in [6, 6.07) is 15.9. The number of aromatic nitrogens is 1. The Morgan fingerprint density at radius 1 is 1.18 bits per heavy atom. The molecular weight excluding hydrogens is 423 g/mol. The molecule has 28 heavy (non-hydrogen) atoms. The summed E-state index contributed by atoms with van der Waals surface area (Å²) < 4.78 is 19.4. The van der Waals surface area contributed by atoms with Crippen LogP contribution >= 0.6 is 15.9 Å². The Balaban J connectivity index is 1.52. The van der Waals surface area contributed by atoms with Crippen LogP contribution in [0.5, 0.6) is 5.75 Å². The van der Waals surface area contributed by atoms with Gasteiger partial charge in [0.25, 0.3) is 0 Å². The number of carbonyl (C=O) groups excluding carboxylic acids is 1. The Morgan fingerprint density at radius 2 is 1.96 bits per heavy atom. The molecule has 1 aromatic heterocycles. The summed E-state index contributed by atoms with van der Waals surface area (Å²) in [5.74, 6) is 0.286. The zero-order valence-corrected chi connectivity index (χ0v) is 16.9. The van der Waals surface area contributed by atoms with Gasteiger partial charge in [0.05, 0.1) is 16.9 Å². The first-order valence-corrected chi connectivity index (χ1v) is 9.65. The summed E-state index contributed by atoms with van der Waals surface area (Å²) in [7, 11) is 0. The Labute approximate surface area is 171 Å². The van der Waals surface area contributed by atoms with E-state index < -0.39 is 0 Å². The van der Waals surface area contributed by atoms with Gasteiger partial charge in [-0.25, -0.2) is 4.39 Å². The average molecular weight is 443 g/mol. The van der Waals surface area contributed by atoms with Crippen molar-refractivity contribution in [3.05, 3.63) is 94.0 Å². The molecule has 0 aliphatic rings. The Morgan fingerprint density at radius 3 is 2.64 bits per heavy atom. The molecule has 1 unspecified atom stereocenters. The molecule has 0 fully saturated rings. The van der Waals surface area contributed by atoms with Crippen molar-refractivity contribution < 1.29 is 13.9 Å². The molecule has 1 atom stereocenters. The van der Waals surface area contributed by atoms with Crippen LogP contribution in [0.3, 0.4) is 0 Å². The van der Waals surface area contributed by atoms with Crippen LogP contribution in [0.1, 0.15) is 29.7 Å². The van der Waals surface area contributed by atoms with Crippen molar-refractivity contribution in [2.45, 2.75) is 26.0 Å². The largest absolute Gasteiger partial charge is 0.489 e. The van der Waals surface area contributed by atoms with Crippen molar-refractivity contribution in [3.8, 4) is 5.75 Å². The van der Waals surface area contributed by atoms with Gasteiger partial charge in [-0.2, -0.15) is 0 Å². The van der Waals surface area contributed by atoms with Crippen LogP contribution < -0.4 is 10.1 Å². The van der Waals surface area contributed by atoms with E-state index in [0.717, 1.165) is 22.4 Å². The van der Waals surface area contributed by atoms with Gasteiger partial charge in [-0.05, 0) is 64.3 Å². The maximum Gasteiger partial charge on any atom is 0.224 e. The van der Waals surface area contributed by atoms with Crippen molar-refractivity contribution in [2.24, 2.45) is 0 Å². The molecule has 2 aromatic carbocycles. The van der Waals surface area contributed by atoms with E-state index in [-0.39, 0.29) is 24.2 Å². The Bertz CT molecular complexity index is 933. The number of halogens is 2. The molecule has 1 amide bonds. The molecule has 0 spiro atoms. The first-order valence-electron chi connectivity index (χ1n) is 8.86. The fourth-order valence-electron chi connectivity index (χ4n) is 2.71. The second-order valence-corrected chi connectivity index (χ2v) is 7.29. The molecule has 1 N–H and O–H groups in total. The average Bonchev–Trinajstić information content (AvgIpc) is 2.70. The minimum Gasteiger partial charge on any atom is -0.489 e. The number of pyridine rings is 1. The van der Waals surface area contributed by atoms with Gasteiger partial charge in [-0.15, -0.1) is 0 Å². The second-order valence-electron chi connectivity index (χ2n) is 6.43. The van der Waals surface area contributed by atoms with Crippen molar-refractivity contribution in [1.29, 1.82) is 0 Å². The van der Waals surface area contributed by atoms with Crippen LogP contribution in [0.25, 0.3) is 0 Å². The van der Waals surface area contributed by atoms with Gasteiger partial charge in [-0.3, -0.25) is 9.78 Å². The van der Waals surface area contributed by atoms with E-state index in [1.165, 1.54) is 6.07 Å². The maximum atomic E-state index is 13.3. The summed E-state index contributed by atoms with van der Waals surface area (Å²) in [6.45, 7) is 2.37. The van der Waals surface area contributed by atoms with Crippen LogP contribution in [-0.4, -0.2) is 10.9 Å².